The minimum atomic E-state index is -0.824. The van der Waals surface area contributed by atoms with Crippen LogP contribution in [-0.2, 0) is 28.6 Å². The predicted molar refractivity (Wildman–Crippen MR) is 315 cm³/mol. The van der Waals surface area contributed by atoms with E-state index < -0.39 is 6.10 Å². The van der Waals surface area contributed by atoms with Crippen molar-refractivity contribution in [2.45, 2.75) is 232 Å². The minimum Gasteiger partial charge on any atom is -0.462 e. The molecular formula is C67H104O6. The highest BCUT2D eigenvalue weighted by Gasteiger charge is 2.19. The molecule has 0 aliphatic heterocycles. The van der Waals surface area contributed by atoms with Gasteiger partial charge in [-0.1, -0.05) is 249 Å². The summed E-state index contributed by atoms with van der Waals surface area (Å²) in [6.45, 7) is 6.37. The van der Waals surface area contributed by atoms with E-state index in [0.29, 0.717) is 12.8 Å². The number of unbranched alkanes of at least 4 members (excludes halogenated alkanes) is 19. The number of esters is 3. The normalized spacial score (nSPS) is 13.3. The second-order valence-corrected chi connectivity index (χ2v) is 18.6. The van der Waals surface area contributed by atoms with Gasteiger partial charge in [0.05, 0.1) is 0 Å². The Kier molecular flexibility index (Phi) is 55.5. The van der Waals surface area contributed by atoms with E-state index in [9.17, 15) is 14.4 Å². The van der Waals surface area contributed by atoms with Gasteiger partial charge in [-0.15, -0.1) is 0 Å². The molecule has 0 aliphatic rings. The van der Waals surface area contributed by atoms with Crippen LogP contribution in [0.25, 0.3) is 0 Å². The van der Waals surface area contributed by atoms with E-state index in [2.05, 4.69) is 179 Å². The second-order valence-electron chi connectivity index (χ2n) is 18.6. The zero-order chi connectivity index (χ0) is 52.9. The average Bonchev–Trinajstić information content (AvgIpc) is 3.39. The summed E-state index contributed by atoms with van der Waals surface area (Å²) in [6, 6.07) is 0. The topological polar surface area (TPSA) is 78.9 Å². The van der Waals surface area contributed by atoms with Crippen molar-refractivity contribution in [3.8, 4) is 0 Å². The van der Waals surface area contributed by atoms with Gasteiger partial charge in [0.25, 0.3) is 0 Å². The highest BCUT2D eigenvalue weighted by atomic mass is 16.6. The largest absolute Gasteiger partial charge is 0.462 e. The molecule has 0 saturated heterocycles. The molecule has 0 fully saturated rings. The van der Waals surface area contributed by atoms with Crippen molar-refractivity contribution in [1.82, 2.24) is 0 Å². The number of carbonyl (C=O) groups is 3. The molecule has 0 aromatic heterocycles. The summed E-state index contributed by atoms with van der Waals surface area (Å²) < 4.78 is 16.8. The number of carbonyl (C=O) groups excluding carboxylic acids is 3. The van der Waals surface area contributed by atoms with Crippen LogP contribution in [0, 0.1) is 0 Å². The maximum Gasteiger partial charge on any atom is 0.306 e. The molecule has 0 heterocycles. The second kappa shape index (κ2) is 59.6. The smallest absolute Gasteiger partial charge is 0.306 e. The summed E-state index contributed by atoms with van der Waals surface area (Å²) in [6.07, 6.45) is 86.4. The van der Waals surface area contributed by atoms with Crippen molar-refractivity contribution in [2.24, 2.45) is 0 Å². The fourth-order valence-corrected chi connectivity index (χ4v) is 7.31. The molecule has 408 valence electrons. The fraction of sp³-hybridized carbons (Fsp3) is 0.567. The Morgan fingerprint density at radius 3 is 0.973 bits per heavy atom. The van der Waals surface area contributed by atoms with Gasteiger partial charge >= 0.3 is 17.9 Å². The van der Waals surface area contributed by atoms with Crippen molar-refractivity contribution in [2.75, 3.05) is 13.2 Å². The van der Waals surface area contributed by atoms with Crippen LogP contribution in [-0.4, -0.2) is 37.2 Å². The number of ether oxygens (including phenoxy) is 3. The quantitative estimate of drug-likeness (QED) is 0.0199. The van der Waals surface area contributed by atoms with Crippen molar-refractivity contribution >= 4 is 17.9 Å². The Morgan fingerprint density at radius 1 is 0.301 bits per heavy atom. The van der Waals surface area contributed by atoms with Gasteiger partial charge in [0.1, 0.15) is 13.2 Å². The summed E-state index contributed by atoms with van der Waals surface area (Å²) in [7, 11) is 0. The molecule has 73 heavy (non-hydrogen) atoms. The molecule has 0 bridgehead atoms. The molecule has 0 saturated carbocycles. The summed E-state index contributed by atoms with van der Waals surface area (Å²) in [4.78, 5) is 38.2. The zero-order valence-corrected chi connectivity index (χ0v) is 46.6. The van der Waals surface area contributed by atoms with E-state index in [1.165, 1.54) is 38.5 Å². The lowest BCUT2D eigenvalue weighted by molar-refractivity contribution is -0.167. The molecule has 0 spiro atoms. The van der Waals surface area contributed by atoms with Crippen molar-refractivity contribution < 1.29 is 28.6 Å². The third-order valence-electron chi connectivity index (χ3n) is 11.7. The van der Waals surface area contributed by atoms with Crippen LogP contribution in [0.5, 0.6) is 0 Å². The monoisotopic (exact) mass is 1000 g/mol. The average molecular weight is 1010 g/mol. The first-order chi connectivity index (χ1) is 36.0. The lowest BCUT2D eigenvalue weighted by Gasteiger charge is -2.18. The summed E-state index contributed by atoms with van der Waals surface area (Å²) in [5.74, 6) is -1.00. The molecule has 0 aromatic rings. The number of allylic oxidation sites excluding steroid dienone is 26. The first-order valence-corrected chi connectivity index (χ1v) is 29.1. The van der Waals surface area contributed by atoms with Crippen LogP contribution >= 0.6 is 0 Å². The van der Waals surface area contributed by atoms with Crippen molar-refractivity contribution in [3.05, 3.63) is 158 Å². The fourth-order valence-electron chi connectivity index (χ4n) is 7.31. The predicted octanol–water partition coefficient (Wildman–Crippen LogP) is 19.8. The van der Waals surface area contributed by atoms with E-state index >= 15 is 0 Å². The van der Waals surface area contributed by atoms with Crippen LogP contribution in [0.15, 0.2) is 158 Å². The number of rotatable bonds is 50. The lowest BCUT2D eigenvalue weighted by atomic mass is 10.1. The number of hydrogen-bond donors (Lipinski definition) is 0. The molecule has 0 amide bonds. The van der Waals surface area contributed by atoms with Crippen LogP contribution in [0.3, 0.4) is 0 Å². The summed E-state index contributed by atoms with van der Waals surface area (Å²) in [5, 5.41) is 0. The molecular weight excluding hydrogens is 901 g/mol. The Hall–Kier alpha value is -4.97. The van der Waals surface area contributed by atoms with Gasteiger partial charge in [0.15, 0.2) is 6.10 Å². The van der Waals surface area contributed by atoms with Gasteiger partial charge in [0, 0.05) is 19.3 Å². The van der Waals surface area contributed by atoms with Gasteiger partial charge < -0.3 is 14.2 Å². The molecule has 0 radical (unpaired) electrons. The molecule has 0 rings (SSSR count). The number of hydrogen-bond acceptors (Lipinski definition) is 6. The van der Waals surface area contributed by atoms with Crippen molar-refractivity contribution in [1.29, 1.82) is 0 Å². The maximum absolute atomic E-state index is 12.9. The molecule has 0 aromatic carbocycles. The van der Waals surface area contributed by atoms with Gasteiger partial charge in [-0.25, -0.2) is 0 Å². The molecule has 0 aliphatic carbocycles. The summed E-state index contributed by atoms with van der Waals surface area (Å²) in [5.41, 5.74) is 0. The SMILES string of the molecule is CC/C=C\C/C=C\C/C=C\C/C=C\C/C=C\CCCCCC(=O)OCC(COC(=O)CCCCCCC\C=C/C=C\C=C/C=C\CCCCC)OC(=O)CCCCCCC\C=C/C=C\C=C/C=C\CCCCC. The van der Waals surface area contributed by atoms with Crippen molar-refractivity contribution in [3.63, 3.8) is 0 Å². The highest BCUT2D eigenvalue weighted by molar-refractivity contribution is 5.71. The molecule has 6 heteroatoms. The van der Waals surface area contributed by atoms with Gasteiger partial charge in [0.2, 0.25) is 0 Å². The lowest BCUT2D eigenvalue weighted by Crippen LogP contribution is -2.30. The molecule has 0 N–H and O–H groups in total. The van der Waals surface area contributed by atoms with Crippen LogP contribution < -0.4 is 0 Å². The summed E-state index contributed by atoms with van der Waals surface area (Å²) >= 11 is 0. The van der Waals surface area contributed by atoms with E-state index in [-0.39, 0.29) is 37.5 Å². The molecule has 1 atom stereocenters. The van der Waals surface area contributed by atoms with E-state index in [4.69, 9.17) is 14.2 Å². The van der Waals surface area contributed by atoms with Crippen LogP contribution in [0.4, 0.5) is 0 Å². The maximum atomic E-state index is 12.9. The van der Waals surface area contributed by atoms with Gasteiger partial charge in [-0.2, -0.15) is 0 Å². The molecule has 6 nitrogen and oxygen atoms in total. The standard InChI is InChI=1S/C67H104O6/c1-4-7-10-13-16-19-22-25-28-31-34-37-39-42-45-48-51-54-57-60-66(69)72-63-64(73-67(70)61-58-55-52-49-46-43-40-36-33-30-27-24-21-18-15-12-9-6-3)62-71-65(68)59-56-53-50-47-44-41-38-35-32-29-26-23-20-17-14-11-8-5-2/h7,10,16-21,23-30,32-38,40,42,45,64H,4-6,8-9,11-15,22,31,39,41,43-44,46-63H2,1-3H3/b10-7-,19-16-,20-17-,21-18-,26-23-,27-24-,28-25-,32-29-,33-30-,37-34-,38-35-,40-36-,45-42-. The zero-order valence-electron chi connectivity index (χ0n) is 46.6. The van der Waals surface area contributed by atoms with Crippen LogP contribution in [0.1, 0.15) is 226 Å². The Morgan fingerprint density at radius 2 is 0.589 bits per heavy atom. The highest BCUT2D eigenvalue weighted by Crippen LogP contribution is 2.13. The first-order valence-electron chi connectivity index (χ1n) is 29.1. The van der Waals surface area contributed by atoms with Gasteiger partial charge in [-0.3, -0.25) is 14.4 Å². The third-order valence-corrected chi connectivity index (χ3v) is 11.7. The van der Waals surface area contributed by atoms with E-state index in [0.717, 1.165) is 148 Å². The minimum absolute atomic E-state index is 0.118. The van der Waals surface area contributed by atoms with E-state index in [1.807, 2.05) is 0 Å². The Bertz CT molecular complexity index is 1670. The Balaban J connectivity index is 4.60. The van der Waals surface area contributed by atoms with Gasteiger partial charge in [-0.05, 0) is 116 Å². The van der Waals surface area contributed by atoms with Crippen LogP contribution in [0.2, 0.25) is 0 Å². The first kappa shape index (κ1) is 68.0. The molecule has 1 unspecified atom stereocenters. The third kappa shape index (κ3) is 57.8. The Labute approximate surface area is 448 Å². The van der Waals surface area contributed by atoms with E-state index in [1.54, 1.807) is 0 Å².